The Balaban J connectivity index is 1.88. The molecule has 1 amide bonds. The number of halogens is 2. The Bertz CT molecular complexity index is 795. The van der Waals surface area contributed by atoms with E-state index < -0.39 is 0 Å². The van der Waals surface area contributed by atoms with Crippen LogP contribution in [0.1, 0.15) is 10.4 Å². The molecular formula is C15H10Cl2N2O. The predicted molar refractivity (Wildman–Crippen MR) is 82.7 cm³/mol. The largest absolute Gasteiger partial charge is 0.361 e. The van der Waals surface area contributed by atoms with Crippen LogP contribution in [0.5, 0.6) is 0 Å². The third-order valence-electron chi connectivity index (χ3n) is 3.00. The van der Waals surface area contributed by atoms with E-state index in [1.54, 1.807) is 30.3 Å². The lowest BCUT2D eigenvalue weighted by Crippen LogP contribution is -2.12. The van der Waals surface area contributed by atoms with Crippen molar-refractivity contribution in [2.75, 3.05) is 5.32 Å². The molecular weight excluding hydrogens is 295 g/mol. The lowest BCUT2D eigenvalue weighted by Gasteiger charge is -2.07. The fraction of sp³-hybridized carbons (Fsp3) is 0. The SMILES string of the molecule is O=C(Nc1ccc(Cl)cc1Cl)c1ccc2cc[nH]c2c1. The molecule has 0 radical (unpaired) electrons. The fourth-order valence-corrected chi connectivity index (χ4v) is 2.43. The highest BCUT2D eigenvalue weighted by atomic mass is 35.5. The molecule has 1 aromatic heterocycles. The molecule has 20 heavy (non-hydrogen) atoms. The minimum Gasteiger partial charge on any atom is -0.361 e. The molecule has 3 aromatic rings. The topological polar surface area (TPSA) is 44.9 Å². The first-order chi connectivity index (χ1) is 9.63. The van der Waals surface area contributed by atoms with Gasteiger partial charge in [-0.15, -0.1) is 0 Å². The quantitative estimate of drug-likeness (QED) is 0.706. The average Bonchev–Trinajstić information content (AvgIpc) is 2.89. The lowest BCUT2D eigenvalue weighted by molar-refractivity contribution is 0.102. The second-order valence-electron chi connectivity index (χ2n) is 4.36. The van der Waals surface area contributed by atoms with Gasteiger partial charge < -0.3 is 10.3 Å². The van der Waals surface area contributed by atoms with Gasteiger partial charge in [-0.25, -0.2) is 0 Å². The summed E-state index contributed by atoms with van der Waals surface area (Å²) in [5.41, 5.74) is 2.01. The number of benzene rings is 2. The standard InChI is InChI=1S/C15H10Cl2N2O/c16-11-3-4-13(12(17)8-11)19-15(20)10-2-1-9-5-6-18-14(9)7-10/h1-8,18H,(H,19,20). The Labute approximate surface area is 125 Å². The zero-order valence-corrected chi connectivity index (χ0v) is 11.8. The van der Waals surface area contributed by atoms with Crippen molar-refractivity contribution in [3.63, 3.8) is 0 Å². The van der Waals surface area contributed by atoms with Gasteiger partial charge in [-0.05, 0) is 41.8 Å². The second-order valence-corrected chi connectivity index (χ2v) is 5.20. The molecule has 0 bridgehead atoms. The molecule has 0 unspecified atom stereocenters. The molecule has 3 rings (SSSR count). The smallest absolute Gasteiger partial charge is 0.255 e. The Kier molecular flexibility index (Phi) is 3.38. The summed E-state index contributed by atoms with van der Waals surface area (Å²) in [6.45, 7) is 0. The number of carbonyl (C=O) groups is 1. The fourth-order valence-electron chi connectivity index (χ4n) is 1.97. The first-order valence-corrected chi connectivity index (χ1v) is 6.72. The molecule has 1 heterocycles. The van der Waals surface area contributed by atoms with Crippen LogP contribution in [0.3, 0.4) is 0 Å². The van der Waals surface area contributed by atoms with Crippen LogP contribution in [-0.4, -0.2) is 10.9 Å². The molecule has 0 spiro atoms. The van der Waals surface area contributed by atoms with E-state index in [0.717, 1.165) is 10.9 Å². The normalized spacial score (nSPS) is 10.7. The number of anilines is 1. The molecule has 0 atom stereocenters. The molecule has 0 saturated carbocycles. The summed E-state index contributed by atoms with van der Waals surface area (Å²) >= 11 is 11.9. The van der Waals surface area contributed by atoms with Crippen LogP contribution in [0.2, 0.25) is 10.0 Å². The molecule has 100 valence electrons. The Morgan fingerprint density at radius 1 is 1.05 bits per heavy atom. The first kappa shape index (κ1) is 13.0. The zero-order valence-electron chi connectivity index (χ0n) is 10.3. The molecule has 0 fully saturated rings. The van der Waals surface area contributed by atoms with Crippen molar-refractivity contribution in [1.82, 2.24) is 4.98 Å². The number of aromatic amines is 1. The van der Waals surface area contributed by atoms with Gasteiger partial charge in [-0.2, -0.15) is 0 Å². The van der Waals surface area contributed by atoms with Crippen molar-refractivity contribution >= 4 is 45.7 Å². The lowest BCUT2D eigenvalue weighted by atomic mass is 10.1. The number of hydrogen-bond acceptors (Lipinski definition) is 1. The number of carbonyl (C=O) groups excluding carboxylic acids is 1. The third-order valence-corrected chi connectivity index (χ3v) is 3.54. The highest BCUT2D eigenvalue weighted by Gasteiger charge is 2.09. The van der Waals surface area contributed by atoms with Crippen LogP contribution in [0.15, 0.2) is 48.7 Å². The number of amides is 1. The van der Waals surface area contributed by atoms with E-state index in [0.29, 0.717) is 21.3 Å². The minimum absolute atomic E-state index is 0.217. The summed E-state index contributed by atoms with van der Waals surface area (Å²) in [4.78, 5) is 15.3. The van der Waals surface area contributed by atoms with Crippen LogP contribution in [0.25, 0.3) is 10.9 Å². The molecule has 0 aliphatic heterocycles. The maximum absolute atomic E-state index is 12.2. The molecule has 2 aromatic carbocycles. The zero-order chi connectivity index (χ0) is 14.1. The summed E-state index contributed by atoms with van der Waals surface area (Å²) in [7, 11) is 0. The summed E-state index contributed by atoms with van der Waals surface area (Å²) in [5.74, 6) is -0.217. The Morgan fingerprint density at radius 2 is 1.90 bits per heavy atom. The van der Waals surface area contributed by atoms with Crippen molar-refractivity contribution in [3.05, 3.63) is 64.3 Å². The van der Waals surface area contributed by atoms with Gasteiger partial charge in [0.15, 0.2) is 0 Å². The van der Waals surface area contributed by atoms with E-state index in [-0.39, 0.29) is 5.91 Å². The predicted octanol–water partition coefficient (Wildman–Crippen LogP) is 4.73. The van der Waals surface area contributed by atoms with Gasteiger partial charge in [0.25, 0.3) is 5.91 Å². The van der Waals surface area contributed by atoms with Crippen LogP contribution in [0, 0.1) is 0 Å². The Morgan fingerprint density at radius 3 is 2.70 bits per heavy atom. The number of nitrogens with one attached hydrogen (secondary N) is 2. The second kappa shape index (κ2) is 5.19. The van der Waals surface area contributed by atoms with Crippen molar-refractivity contribution < 1.29 is 4.79 Å². The van der Waals surface area contributed by atoms with Crippen LogP contribution >= 0.6 is 23.2 Å². The van der Waals surface area contributed by atoms with Crippen molar-refractivity contribution in [2.24, 2.45) is 0 Å². The molecule has 0 aliphatic rings. The van der Waals surface area contributed by atoms with E-state index in [4.69, 9.17) is 23.2 Å². The number of rotatable bonds is 2. The van der Waals surface area contributed by atoms with Crippen LogP contribution in [0.4, 0.5) is 5.69 Å². The van der Waals surface area contributed by atoms with E-state index >= 15 is 0 Å². The minimum atomic E-state index is -0.217. The molecule has 2 N–H and O–H groups in total. The van der Waals surface area contributed by atoms with Gasteiger partial charge in [0.1, 0.15) is 0 Å². The maximum Gasteiger partial charge on any atom is 0.255 e. The number of aromatic nitrogens is 1. The van der Waals surface area contributed by atoms with Crippen molar-refractivity contribution in [2.45, 2.75) is 0 Å². The number of hydrogen-bond donors (Lipinski definition) is 2. The van der Waals surface area contributed by atoms with Crippen molar-refractivity contribution in [3.8, 4) is 0 Å². The molecule has 0 saturated heterocycles. The average molecular weight is 305 g/mol. The summed E-state index contributed by atoms with van der Waals surface area (Å²) < 4.78 is 0. The van der Waals surface area contributed by atoms with Gasteiger partial charge in [0.05, 0.1) is 10.7 Å². The van der Waals surface area contributed by atoms with Gasteiger partial charge in [-0.1, -0.05) is 29.3 Å². The maximum atomic E-state index is 12.2. The van der Waals surface area contributed by atoms with Gasteiger partial charge >= 0.3 is 0 Å². The van der Waals surface area contributed by atoms with E-state index in [2.05, 4.69) is 10.3 Å². The first-order valence-electron chi connectivity index (χ1n) is 5.97. The van der Waals surface area contributed by atoms with Gasteiger partial charge in [-0.3, -0.25) is 4.79 Å². The van der Waals surface area contributed by atoms with Crippen molar-refractivity contribution in [1.29, 1.82) is 0 Å². The van der Waals surface area contributed by atoms with Crippen LogP contribution < -0.4 is 5.32 Å². The molecule has 0 aliphatic carbocycles. The number of H-pyrrole nitrogens is 1. The van der Waals surface area contributed by atoms with E-state index in [1.807, 2.05) is 18.3 Å². The van der Waals surface area contributed by atoms with E-state index in [9.17, 15) is 4.79 Å². The molecule has 3 nitrogen and oxygen atoms in total. The summed E-state index contributed by atoms with van der Waals surface area (Å²) in [6, 6.07) is 12.4. The third kappa shape index (κ3) is 2.50. The highest BCUT2D eigenvalue weighted by Crippen LogP contribution is 2.26. The Hall–Kier alpha value is -1.97. The number of fused-ring (bicyclic) bond motifs is 1. The monoisotopic (exact) mass is 304 g/mol. The summed E-state index contributed by atoms with van der Waals surface area (Å²) in [6.07, 6.45) is 1.84. The summed E-state index contributed by atoms with van der Waals surface area (Å²) in [5, 5.41) is 4.77. The van der Waals surface area contributed by atoms with E-state index in [1.165, 1.54) is 0 Å². The van der Waals surface area contributed by atoms with Gasteiger partial charge in [0, 0.05) is 22.3 Å². The highest BCUT2D eigenvalue weighted by molar-refractivity contribution is 6.36. The van der Waals surface area contributed by atoms with Gasteiger partial charge in [0.2, 0.25) is 0 Å². The van der Waals surface area contributed by atoms with Crippen LogP contribution in [-0.2, 0) is 0 Å². The molecule has 5 heteroatoms.